The number of H-pyrrole nitrogens is 1. The van der Waals surface area contributed by atoms with E-state index in [-0.39, 0.29) is 11.2 Å². The number of nitrogens with one attached hydrogen (secondary N) is 1. The molecule has 1 fully saturated rings. The van der Waals surface area contributed by atoms with Gasteiger partial charge in [-0.3, -0.25) is 9.89 Å². The number of anilines is 1. The van der Waals surface area contributed by atoms with Crippen LogP contribution in [0.5, 0.6) is 0 Å². The minimum Gasteiger partial charge on any atom is -0.311 e. The largest absolute Gasteiger partial charge is 0.311 e. The van der Waals surface area contributed by atoms with Gasteiger partial charge < -0.3 is 4.90 Å². The predicted octanol–water partition coefficient (Wildman–Crippen LogP) is 2.36. The van der Waals surface area contributed by atoms with E-state index in [0.717, 1.165) is 12.1 Å². The molecule has 1 atom stereocenters. The second kappa shape index (κ2) is 5.22. The molecular weight excluding hydrogens is 284 g/mol. The monoisotopic (exact) mass is 294 g/mol. The molecule has 1 aliphatic heterocycles. The minimum atomic E-state index is -0.108. The fraction of sp³-hybridized carbons (Fsp3) is 0.250. The number of aromatic nitrogens is 3. The number of halogens is 1. The molecule has 5 nitrogen and oxygen atoms in total. The number of benzene rings is 1. The molecule has 2 heterocycles. The molecule has 3 rings (SSSR count). The molecule has 1 aromatic heterocycles. The molecule has 1 aliphatic rings. The van der Waals surface area contributed by atoms with Gasteiger partial charge >= 0.3 is 0 Å². The average Bonchev–Trinajstić information content (AvgIpc) is 3.03. The summed E-state index contributed by atoms with van der Waals surface area (Å²) in [5.41, 5.74) is 0.884. The van der Waals surface area contributed by atoms with Crippen LogP contribution >= 0.6 is 23.4 Å². The number of hydrogen-bond acceptors (Lipinski definition) is 4. The van der Waals surface area contributed by atoms with Gasteiger partial charge in [0.2, 0.25) is 5.91 Å². The summed E-state index contributed by atoms with van der Waals surface area (Å²) in [4.78, 5) is 18.1. The number of rotatable bonds is 3. The van der Waals surface area contributed by atoms with Gasteiger partial charge in [0.1, 0.15) is 6.33 Å². The number of aromatic amines is 1. The Balaban J connectivity index is 1.73. The van der Waals surface area contributed by atoms with Crippen molar-refractivity contribution in [1.82, 2.24) is 15.2 Å². The Morgan fingerprint density at radius 3 is 2.84 bits per heavy atom. The lowest BCUT2D eigenvalue weighted by atomic mass is 10.3. The molecule has 0 spiro atoms. The highest BCUT2D eigenvalue weighted by atomic mass is 35.5. The molecule has 0 radical (unpaired) electrons. The highest BCUT2D eigenvalue weighted by Gasteiger charge is 2.33. The molecule has 0 aliphatic carbocycles. The van der Waals surface area contributed by atoms with Crippen LogP contribution in [0.4, 0.5) is 5.69 Å². The van der Waals surface area contributed by atoms with Gasteiger partial charge in [0.25, 0.3) is 0 Å². The molecule has 1 saturated heterocycles. The van der Waals surface area contributed by atoms with Crippen molar-refractivity contribution in [2.45, 2.75) is 16.8 Å². The van der Waals surface area contributed by atoms with E-state index in [0.29, 0.717) is 16.7 Å². The molecule has 1 aromatic carbocycles. The van der Waals surface area contributed by atoms with Crippen LogP contribution in [-0.4, -0.2) is 32.9 Å². The molecule has 0 bridgehead atoms. The summed E-state index contributed by atoms with van der Waals surface area (Å²) in [6, 6.07) is 7.31. The SMILES string of the molecule is O=C1[C@H](Sc2ncn[nH]2)CCN1c1ccc(Cl)cc1. The molecular formula is C12H11ClN4OS. The number of carbonyl (C=O) groups is 1. The van der Waals surface area contributed by atoms with E-state index in [4.69, 9.17) is 11.6 Å². The molecule has 2 aromatic rings. The highest BCUT2D eigenvalue weighted by Crippen LogP contribution is 2.31. The molecule has 1 amide bonds. The van der Waals surface area contributed by atoms with Crippen LogP contribution in [0.1, 0.15) is 6.42 Å². The van der Waals surface area contributed by atoms with Gasteiger partial charge in [-0.05, 0) is 30.7 Å². The van der Waals surface area contributed by atoms with Crippen LogP contribution in [-0.2, 0) is 4.79 Å². The van der Waals surface area contributed by atoms with E-state index < -0.39 is 0 Å². The highest BCUT2D eigenvalue weighted by molar-refractivity contribution is 8.00. The Hall–Kier alpha value is -1.53. The van der Waals surface area contributed by atoms with Crippen LogP contribution in [0.25, 0.3) is 0 Å². The quantitative estimate of drug-likeness (QED) is 0.944. The molecule has 0 unspecified atom stereocenters. The van der Waals surface area contributed by atoms with Gasteiger partial charge in [0.15, 0.2) is 5.16 Å². The second-order valence-corrected chi connectivity index (χ2v) is 5.78. The normalized spacial score (nSPS) is 19.1. The van der Waals surface area contributed by atoms with Crippen molar-refractivity contribution in [2.75, 3.05) is 11.4 Å². The first-order valence-corrected chi connectivity index (χ1v) is 7.09. The summed E-state index contributed by atoms with van der Waals surface area (Å²) in [7, 11) is 0. The first-order chi connectivity index (χ1) is 9.24. The van der Waals surface area contributed by atoms with E-state index in [1.165, 1.54) is 18.1 Å². The van der Waals surface area contributed by atoms with E-state index >= 15 is 0 Å². The van der Waals surface area contributed by atoms with E-state index in [1.54, 1.807) is 17.0 Å². The van der Waals surface area contributed by atoms with Gasteiger partial charge in [-0.1, -0.05) is 23.4 Å². The zero-order chi connectivity index (χ0) is 13.2. The zero-order valence-corrected chi connectivity index (χ0v) is 11.5. The van der Waals surface area contributed by atoms with Crippen molar-refractivity contribution in [2.24, 2.45) is 0 Å². The Morgan fingerprint density at radius 1 is 1.37 bits per heavy atom. The summed E-state index contributed by atoms with van der Waals surface area (Å²) in [6.07, 6.45) is 2.24. The van der Waals surface area contributed by atoms with Gasteiger partial charge in [-0.15, -0.1) is 0 Å². The first kappa shape index (κ1) is 12.5. The molecule has 0 saturated carbocycles. The maximum atomic E-state index is 12.3. The third-order valence-electron chi connectivity index (χ3n) is 2.94. The van der Waals surface area contributed by atoms with E-state index in [2.05, 4.69) is 15.2 Å². The topological polar surface area (TPSA) is 61.9 Å². The maximum Gasteiger partial charge on any atom is 0.240 e. The summed E-state index contributed by atoms with van der Waals surface area (Å²) < 4.78 is 0. The molecule has 7 heteroatoms. The lowest BCUT2D eigenvalue weighted by molar-refractivity contribution is -0.116. The summed E-state index contributed by atoms with van der Waals surface area (Å²) in [5, 5.41) is 7.78. The number of thioether (sulfide) groups is 1. The standard InChI is InChI=1S/C12H11ClN4OS/c13-8-1-3-9(4-2-8)17-6-5-10(11(17)18)19-12-14-7-15-16-12/h1-4,7,10H,5-6H2,(H,14,15,16)/t10-/m1/s1. The van der Waals surface area contributed by atoms with Crippen molar-refractivity contribution in [3.05, 3.63) is 35.6 Å². The number of amides is 1. The number of hydrogen-bond donors (Lipinski definition) is 1. The van der Waals surface area contributed by atoms with Crippen molar-refractivity contribution >= 4 is 35.0 Å². The minimum absolute atomic E-state index is 0.101. The third-order valence-corrected chi connectivity index (χ3v) is 4.34. The lowest BCUT2D eigenvalue weighted by Crippen LogP contribution is -2.27. The molecule has 98 valence electrons. The second-order valence-electron chi connectivity index (χ2n) is 4.15. The number of carbonyl (C=O) groups excluding carboxylic acids is 1. The van der Waals surface area contributed by atoms with Crippen LogP contribution in [0.2, 0.25) is 5.02 Å². The van der Waals surface area contributed by atoms with Crippen LogP contribution in [0, 0.1) is 0 Å². The maximum absolute atomic E-state index is 12.3. The Bertz CT molecular complexity index is 572. The van der Waals surface area contributed by atoms with Gasteiger partial charge in [-0.2, -0.15) is 5.10 Å². The lowest BCUT2D eigenvalue weighted by Gasteiger charge is -2.16. The summed E-state index contributed by atoms with van der Waals surface area (Å²) in [5.74, 6) is 0.101. The number of nitrogens with zero attached hydrogens (tertiary/aromatic N) is 3. The van der Waals surface area contributed by atoms with Crippen molar-refractivity contribution < 1.29 is 4.79 Å². The third kappa shape index (κ3) is 2.59. The van der Waals surface area contributed by atoms with E-state index in [9.17, 15) is 4.79 Å². The van der Waals surface area contributed by atoms with E-state index in [1.807, 2.05) is 12.1 Å². The van der Waals surface area contributed by atoms with Crippen LogP contribution in [0.15, 0.2) is 35.7 Å². The van der Waals surface area contributed by atoms with Crippen molar-refractivity contribution in [3.63, 3.8) is 0 Å². The Labute approximate surface area is 119 Å². The molecule has 1 N–H and O–H groups in total. The van der Waals surface area contributed by atoms with Gasteiger partial charge in [-0.25, -0.2) is 4.98 Å². The van der Waals surface area contributed by atoms with Crippen molar-refractivity contribution in [3.8, 4) is 0 Å². The first-order valence-electron chi connectivity index (χ1n) is 5.83. The summed E-state index contributed by atoms with van der Waals surface area (Å²) >= 11 is 7.27. The van der Waals surface area contributed by atoms with Crippen LogP contribution < -0.4 is 4.90 Å². The van der Waals surface area contributed by atoms with Crippen LogP contribution in [0.3, 0.4) is 0 Å². The Kier molecular flexibility index (Phi) is 3.44. The Morgan fingerprint density at radius 2 is 2.16 bits per heavy atom. The van der Waals surface area contributed by atoms with Gasteiger partial charge in [0.05, 0.1) is 5.25 Å². The smallest absolute Gasteiger partial charge is 0.240 e. The average molecular weight is 295 g/mol. The zero-order valence-electron chi connectivity index (χ0n) is 9.91. The fourth-order valence-corrected chi connectivity index (χ4v) is 3.09. The predicted molar refractivity (Wildman–Crippen MR) is 74.4 cm³/mol. The summed E-state index contributed by atoms with van der Waals surface area (Å²) in [6.45, 7) is 0.715. The van der Waals surface area contributed by atoms with Gasteiger partial charge in [0, 0.05) is 17.3 Å². The molecule has 19 heavy (non-hydrogen) atoms. The fourth-order valence-electron chi connectivity index (χ4n) is 2.03. The van der Waals surface area contributed by atoms with Crippen molar-refractivity contribution in [1.29, 1.82) is 0 Å².